The van der Waals surface area contributed by atoms with E-state index in [1.54, 1.807) is 0 Å². The first-order chi connectivity index (χ1) is 8.19. The molecule has 2 rings (SSSR count). The molecule has 88 valence electrons. The molecule has 1 heterocycles. The Balaban J connectivity index is 2.40. The van der Waals surface area contributed by atoms with E-state index in [1.165, 1.54) is 0 Å². The molecule has 0 bridgehead atoms. The van der Waals surface area contributed by atoms with E-state index in [0.717, 1.165) is 27.8 Å². The van der Waals surface area contributed by atoms with Crippen LogP contribution < -0.4 is 5.73 Å². The number of nitrogens with zero attached hydrogens (tertiary/aromatic N) is 2. The average Bonchev–Trinajstić information content (AvgIpc) is 2.29. The predicted molar refractivity (Wildman–Crippen MR) is 70.0 cm³/mol. The van der Waals surface area contributed by atoms with Crippen molar-refractivity contribution < 1.29 is 0 Å². The Kier molecular flexibility index (Phi) is 3.71. The van der Waals surface area contributed by atoms with Crippen LogP contribution in [0, 0.1) is 6.92 Å². The van der Waals surface area contributed by atoms with Crippen molar-refractivity contribution in [2.24, 2.45) is 5.73 Å². The fourth-order valence-electron chi connectivity index (χ4n) is 1.64. The van der Waals surface area contributed by atoms with E-state index < -0.39 is 0 Å². The van der Waals surface area contributed by atoms with Crippen molar-refractivity contribution in [1.29, 1.82) is 0 Å². The number of halogens is 1. The molecule has 0 unspecified atom stereocenters. The number of hydrogen-bond donors (Lipinski definition) is 1. The number of nitrogens with two attached hydrogens (primary N) is 1. The van der Waals surface area contributed by atoms with Crippen molar-refractivity contribution in [1.82, 2.24) is 9.97 Å². The molecule has 0 spiro atoms. The van der Waals surface area contributed by atoms with Gasteiger partial charge in [0.2, 0.25) is 0 Å². The van der Waals surface area contributed by atoms with Crippen molar-refractivity contribution in [3.05, 3.63) is 46.9 Å². The average molecular weight is 248 g/mol. The van der Waals surface area contributed by atoms with Crippen molar-refractivity contribution >= 4 is 11.6 Å². The minimum absolute atomic E-state index is 0.559. The van der Waals surface area contributed by atoms with Crippen molar-refractivity contribution in [2.75, 3.05) is 6.54 Å². The van der Waals surface area contributed by atoms with Crippen LogP contribution in [0.25, 0.3) is 11.3 Å². The van der Waals surface area contributed by atoms with Gasteiger partial charge in [0.05, 0.1) is 5.69 Å². The molecule has 17 heavy (non-hydrogen) atoms. The molecule has 1 aromatic carbocycles. The van der Waals surface area contributed by atoms with Crippen LogP contribution in [-0.4, -0.2) is 16.5 Å². The highest BCUT2D eigenvalue weighted by Crippen LogP contribution is 2.20. The maximum Gasteiger partial charge on any atom is 0.130 e. The van der Waals surface area contributed by atoms with Gasteiger partial charge in [-0.15, -0.1) is 0 Å². The summed E-state index contributed by atoms with van der Waals surface area (Å²) in [7, 11) is 0. The maximum absolute atomic E-state index is 5.86. The van der Waals surface area contributed by atoms with Gasteiger partial charge in [0.1, 0.15) is 5.82 Å². The van der Waals surface area contributed by atoms with Gasteiger partial charge in [-0.1, -0.05) is 23.7 Å². The lowest BCUT2D eigenvalue weighted by molar-refractivity contribution is 0.858. The summed E-state index contributed by atoms with van der Waals surface area (Å²) in [4.78, 5) is 8.84. The minimum atomic E-state index is 0.559. The molecule has 2 aromatic rings. The standard InChI is InChI=1S/C13H14ClN3/c1-9-8-12(17-13(16-9)6-7-15)10-2-4-11(14)5-3-10/h2-5,8H,6-7,15H2,1H3. The van der Waals surface area contributed by atoms with Gasteiger partial charge in [0.25, 0.3) is 0 Å². The molecule has 0 fully saturated rings. The fraction of sp³-hybridized carbons (Fsp3) is 0.231. The van der Waals surface area contributed by atoms with E-state index in [0.29, 0.717) is 13.0 Å². The van der Waals surface area contributed by atoms with Gasteiger partial charge in [-0.25, -0.2) is 9.97 Å². The Bertz CT molecular complexity index is 509. The van der Waals surface area contributed by atoms with Gasteiger partial charge in [-0.05, 0) is 31.7 Å². The molecule has 0 radical (unpaired) electrons. The zero-order valence-corrected chi connectivity index (χ0v) is 10.4. The summed E-state index contributed by atoms with van der Waals surface area (Å²) in [5, 5.41) is 0.724. The lowest BCUT2D eigenvalue weighted by atomic mass is 10.1. The van der Waals surface area contributed by atoms with Gasteiger partial charge in [-0.2, -0.15) is 0 Å². The third kappa shape index (κ3) is 3.02. The Morgan fingerprint density at radius 3 is 2.53 bits per heavy atom. The Morgan fingerprint density at radius 2 is 1.88 bits per heavy atom. The first-order valence-electron chi connectivity index (χ1n) is 5.49. The third-order valence-electron chi connectivity index (χ3n) is 2.41. The van der Waals surface area contributed by atoms with Crippen LogP contribution in [0.3, 0.4) is 0 Å². The predicted octanol–water partition coefficient (Wildman–Crippen LogP) is 2.61. The Labute approximate surface area is 106 Å². The topological polar surface area (TPSA) is 51.8 Å². The Morgan fingerprint density at radius 1 is 1.18 bits per heavy atom. The minimum Gasteiger partial charge on any atom is -0.330 e. The van der Waals surface area contributed by atoms with Crippen LogP contribution in [0.4, 0.5) is 0 Å². The smallest absolute Gasteiger partial charge is 0.130 e. The van der Waals surface area contributed by atoms with Gasteiger partial charge >= 0.3 is 0 Å². The van der Waals surface area contributed by atoms with Crippen LogP contribution in [-0.2, 0) is 6.42 Å². The van der Waals surface area contributed by atoms with Crippen LogP contribution in [0.15, 0.2) is 30.3 Å². The molecule has 0 aliphatic rings. The molecule has 0 aliphatic carbocycles. The number of aryl methyl sites for hydroxylation is 1. The van der Waals surface area contributed by atoms with E-state index in [9.17, 15) is 0 Å². The lowest BCUT2D eigenvalue weighted by Crippen LogP contribution is -2.07. The molecule has 3 nitrogen and oxygen atoms in total. The summed E-state index contributed by atoms with van der Waals surface area (Å²) in [5.41, 5.74) is 8.43. The van der Waals surface area contributed by atoms with Crippen molar-refractivity contribution in [3.63, 3.8) is 0 Å². The SMILES string of the molecule is Cc1cc(-c2ccc(Cl)cc2)nc(CCN)n1. The van der Waals surface area contributed by atoms with Crippen molar-refractivity contribution in [3.8, 4) is 11.3 Å². The van der Waals surface area contributed by atoms with E-state index in [-0.39, 0.29) is 0 Å². The first kappa shape index (κ1) is 12.0. The summed E-state index contributed by atoms with van der Waals surface area (Å²) >= 11 is 5.86. The monoisotopic (exact) mass is 247 g/mol. The van der Waals surface area contributed by atoms with E-state index in [1.807, 2.05) is 37.3 Å². The summed E-state index contributed by atoms with van der Waals surface area (Å²) in [5.74, 6) is 0.789. The van der Waals surface area contributed by atoms with Gasteiger partial charge < -0.3 is 5.73 Å². The summed E-state index contributed by atoms with van der Waals surface area (Å²) in [6.07, 6.45) is 0.697. The first-order valence-corrected chi connectivity index (χ1v) is 5.87. The lowest BCUT2D eigenvalue weighted by Gasteiger charge is -2.05. The van der Waals surface area contributed by atoms with Gasteiger partial charge in [0, 0.05) is 22.7 Å². The summed E-state index contributed by atoms with van der Waals surface area (Å²) < 4.78 is 0. The quantitative estimate of drug-likeness (QED) is 0.907. The normalized spacial score (nSPS) is 10.5. The van der Waals surface area contributed by atoms with Crippen LogP contribution in [0.5, 0.6) is 0 Å². The van der Waals surface area contributed by atoms with Crippen molar-refractivity contribution in [2.45, 2.75) is 13.3 Å². The number of aromatic nitrogens is 2. The molecule has 1 aromatic heterocycles. The second-order valence-corrected chi connectivity index (χ2v) is 4.29. The number of rotatable bonds is 3. The molecule has 0 amide bonds. The van der Waals surface area contributed by atoms with Crippen LogP contribution in [0.2, 0.25) is 5.02 Å². The molecule has 0 atom stereocenters. The molecule has 2 N–H and O–H groups in total. The highest BCUT2D eigenvalue weighted by atomic mass is 35.5. The molecule has 0 aliphatic heterocycles. The zero-order chi connectivity index (χ0) is 12.3. The highest BCUT2D eigenvalue weighted by Gasteiger charge is 2.04. The van der Waals surface area contributed by atoms with Gasteiger partial charge in [-0.3, -0.25) is 0 Å². The largest absolute Gasteiger partial charge is 0.330 e. The number of hydrogen-bond acceptors (Lipinski definition) is 3. The van der Waals surface area contributed by atoms with E-state index >= 15 is 0 Å². The highest BCUT2D eigenvalue weighted by molar-refractivity contribution is 6.30. The molecule has 0 saturated heterocycles. The summed E-state index contributed by atoms with van der Waals surface area (Å²) in [6.45, 7) is 2.52. The van der Waals surface area contributed by atoms with Crippen LogP contribution in [0.1, 0.15) is 11.5 Å². The third-order valence-corrected chi connectivity index (χ3v) is 2.66. The van der Waals surface area contributed by atoms with Gasteiger partial charge in [0.15, 0.2) is 0 Å². The molecular weight excluding hydrogens is 234 g/mol. The van der Waals surface area contributed by atoms with E-state index in [4.69, 9.17) is 17.3 Å². The zero-order valence-electron chi connectivity index (χ0n) is 9.65. The Hall–Kier alpha value is -1.45. The summed E-state index contributed by atoms with van der Waals surface area (Å²) in [6, 6.07) is 9.59. The van der Waals surface area contributed by atoms with E-state index in [2.05, 4.69) is 9.97 Å². The molecule has 0 saturated carbocycles. The second kappa shape index (κ2) is 5.25. The second-order valence-electron chi connectivity index (χ2n) is 3.86. The number of benzene rings is 1. The molecule has 4 heteroatoms. The fourth-order valence-corrected chi connectivity index (χ4v) is 1.77. The molecular formula is C13H14ClN3. The van der Waals surface area contributed by atoms with Crippen LogP contribution >= 0.6 is 11.6 Å². The maximum atomic E-state index is 5.86.